The van der Waals surface area contributed by atoms with Gasteiger partial charge in [0.2, 0.25) is 0 Å². The number of hydrogen-bond acceptors (Lipinski definition) is 4. The van der Waals surface area contributed by atoms with Gasteiger partial charge in [-0.25, -0.2) is 4.79 Å². The maximum Gasteiger partial charge on any atom is 0.335 e. The predicted octanol–water partition coefficient (Wildman–Crippen LogP) is 3.38. The number of amides is 1. The van der Waals surface area contributed by atoms with Crippen LogP contribution in [0.25, 0.3) is 17.4 Å². The van der Waals surface area contributed by atoms with Crippen molar-refractivity contribution < 1.29 is 19.1 Å². The number of aromatic carboxylic acids is 1. The van der Waals surface area contributed by atoms with Crippen LogP contribution in [0.4, 0.5) is 0 Å². The van der Waals surface area contributed by atoms with Crippen LogP contribution in [0.1, 0.15) is 35.5 Å². The van der Waals surface area contributed by atoms with E-state index in [4.69, 9.17) is 14.8 Å². The number of carbonyl (C=O) groups excluding carboxylic acids is 1. The summed E-state index contributed by atoms with van der Waals surface area (Å²) >= 11 is 0. The van der Waals surface area contributed by atoms with Gasteiger partial charge in [0.25, 0.3) is 5.91 Å². The standard InChI is InChI=1S/C19H18N2O4/c1-11(2)21-18(22)14(10-20)9-15-5-7-17(25-15)16-6-4-13(19(23)24)8-12(16)3/h4-9,11H,1-3H3,(H,21,22)(H,23,24)/b14-9+. The van der Waals surface area contributed by atoms with Crippen LogP contribution in [0.5, 0.6) is 0 Å². The third-order valence-corrected chi connectivity index (χ3v) is 3.44. The van der Waals surface area contributed by atoms with E-state index < -0.39 is 11.9 Å². The fourth-order valence-electron chi connectivity index (χ4n) is 2.28. The van der Waals surface area contributed by atoms with Crippen molar-refractivity contribution in [3.8, 4) is 17.4 Å². The number of carboxylic acids is 1. The quantitative estimate of drug-likeness (QED) is 0.642. The number of benzene rings is 1. The first-order valence-corrected chi connectivity index (χ1v) is 7.68. The van der Waals surface area contributed by atoms with Gasteiger partial charge in [-0.2, -0.15) is 5.26 Å². The van der Waals surface area contributed by atoms with Crippen LogP contribution in [0.15, 0.2) is 40.3 Å². The lowest BCUT2D eigenvalue weighted by molar-refractivity contribution is -0.117. The maximum atomic E-state index is 11.9. The Bertz CT molecular complexity index is 885. The first-order chi connectivity index (χ1) is 11.8. The SMILES string of the molecule is Cc1cc(C(=O)O)ccc1-c1ccc(/C=C(\C#N)C(=O)NC(C)C)o1. The van der Waals surface area contributed by atoms with Crippen molar-refractivity contribution in [3.05, 3.63) is 52.8 Å². The molecule has 0 unspecified atom stereocenters. The highest BCUT2D eigenvalue weighted by Crippen LogP contribution is 2.27. The van der Waals surface area contributed by atoms with Crippen LogP contribution in [-0.4, -0.2) is 23.0 Å². The number of nitrogens with one attached hydrogen (secondary N) is 1. The minimum Gasteiger partial charge on any atom is -0.478 e. The van der Waals surface area contributed by atoms with Gasteiger partial charge in [-0.1, -0.05) is 6.07 Å². The molecule has 0 saturated heterocycles. The molecular formula is C19H18N2O4. The number of nitrogens with zero attached hydrogens (tertiary/aromatic N) is 1. The largest absolute Gasteiger partial charge is 0.478 e. The molecule has 0 bridgehead atoms. The molecule has 6 nitrogen and oxygen atoms in total. The van der Waals surface area contributed by atoms with Crippen molar-refractivity contribution in [2.45, 2.75) is 26.8 Å². The van der Waals surface area contributed by atoms with E-state index in [2.05, 4.69) is 5.32 Å². The summed E-state index contributed by atoms with van der Waals surface area (Å²) in [5, 5.41) is 20.8. The Morgan fingerprint density at radius 2 is 2.00 bits per heavy atom. The average Bonchev–Trinajstić information content (AvgIpc) is 2.99. The summed E-state index contributed by atoms with van der Waals surface area (Å²) in [5.41, 5.74) is 1.65. The van der Waals surface area contributed by atoms with Crippen LogP contribution in [0, 0.1) is 18.3 Å². The van der Waals surface area contributed by atoms with Gasteiger partial charge in [0.05, 0.1) is 5.56 Å². The number of nitriles is 1. The number of carboxylic acid groups (broad SMARTS) is 1. The molecule has 0 aliphatic heterocycles. The first-order valence-electron chi connectivity index (χ1n) is 7.68. The van der Waals surface area contributed by atoms with E-state index >= 15 is 0 Å². The zero-order valence-electron chi connectivity index (χ0n) is 14.2. The molecule has 1 heterocycles. The molecule has 2 aromatic rings. The average molecular weight is 338 g/mol. The van der Waals surface area contributed by atoms with Gasteiger partial charge >= 0.3 is 5.97 Å². The van der Waals surface area contributed by atoms with Gasteiger partial charge < -0.3 is 14.8 Å². The lowest BCUT2D eigenvalue weighted by Gasteiger charge is -2.06. The molecule has 128 valence electrons. The van der Waals surface area contributed by atoms with Gasteiger partial charge in [0.15, 0.2) is 0 Å². The van der Waals surface area contributed by atoms with E-state index in [-0.39, 0.29) is 17.2 Å². The fraction of sp³-hybridized carbons (Fsp3) is 0.211. The molecule has 0 saturated carbocycles. The van der Waals surface area contributed by atoms with Gasteiger partial charge in [0, 0.05) is 17.7 Å². The molecule has 0 atom stereocenters. The lowest BCUT2D eigenvalue weighted by atomic mass is 10.0. The summed E-state index contributed by atoms with van der Waals surface area (Å²) in [6.07, 6.45) is 1.38. The second-order valence-electron chi connectivity index (χ2n) is 5.83. The Hall–Kier alpha value is -3.33. The van der Waals surface area contributed by atoms with Crippen LogP contribution in [0.2, 0.25) is 0 Å². The summed E-state index contributed by atoms with van der Waals surface area (Å²) < 4.78 is 5.68. The maximum absolute atomic E-state index is 11.9. The van der Waals surface area contributed by atoms with Crippen molar-refractivity contribution in [1.29, 1.82) is 5.26 Å². The predicted molar refractivity (Wildman–Crippen MR) is 92.7 cm³/mol. The molecule has 0 spiro atoms. The van der Waals surface area contributed by atoms with E-state index in [1.54, 1.807) is 45.0 Å². The zero-order chi connectivity index (χ0) is 18.6. The summed E-state index contributed by atoms with van der Waals surface area (Å²) in [6.45, 7) is 5.40. The molecule has 2 rings (SSSR count). The highest BCUT2D eigenvalue weighted by Gasteiger charge is 2.13. The third-order valence-electron chi connectivity index (χ3n) is 3.44. The Kier molecular flexibility index (Phi) is 5.40. The number of rotatable bonds is 5. The van der Waals surface area contributed by atoms with Crippen LogP contribution in [0.3, 0.4) is 0 Å². The summed E-state index contributed by atoms with van der Waals surface area (Å²) in [7, 11) is 0. The lowest BCUT2D eigenvalue weighted by Crippen LogP contribution is -2.30. The van der Waals surface area contributed by atoms with E-state index in [1.165, 1.54) is 12.1 Å². The smallest absolute Gasteiger partial charge is 0.335 e. The van der Waals surface area contributed by atoms with Gasteiger partial charge in [0.1, 0.15) is 23.2 Å². The first kappa shape index (κ1) is 18.0. The van der Waals surface area contributed by atoms with Crippen LogP contribution < -0.4 is 5.32 Å². The molecule has 2 N–H and O–H groups in total. The minimum absolute atomic E-state index is 0.0486. The van der Waals surface area contributed by atoms with Gasteiger partial charge in [-0.3, -0.25) is 4.79 Å². The second kappa shape index (κ2) is 7.49. The van der Waals surface area contributed by atoms with Crippen molar-refractivity contribution >= 4 is 18.0 Å². The number of furan rings is 1. The molecule has 1 aromatic heterocycles. The van der Waals surface area contributed by atoms with Crippen molar-refractivity contribution in [1.82, 2.24) is 5.32 Å². The topological polar surface area (TPSA) is 103 Å². The number of hydrogen-bond donors (Lipinski definition) is 2. The fourth-order valence-corrected chi connectivity index (χ4v) is 2.28. The van der Waals surface area contributed by atoms with E-state index in [9.17, 15) is 9.59 Å². The molecule has 25 heavy (non-hydrogen) atoms. The van der Waals surface area contributed by atoms with E-state index in [1.807, 2.05) is 6.07 Å². The Labute approximate surface area is 145 Å². The third kappa shape index (κ3) is 4.36. The monoisotopic (exact) mass is 338 g/mol. The van der Waals surface area contributed by atoms with Gasteiger partial charge in [-0.05, 0) is 50.6 Å². The molecule has 0 radical (unpaired) electrons. The molecule has 0 aliphatic carbocycles. The normalized spacial score (nSPS) is 11.2. The van der Waals surface area contributed by atoms with Gasteiger partial charge in [-0.15, -0.1) is 0 Å². The highest BCUT2D eigenvalue weighted by molar-refractivity contribution is 6.01. The molecule has 1 amide bonds. The highest BCUT2D eigenvalue weighted by atomic mass is 16.4. The number of aryl methyl sites for hydroxylation is 1. The zero-order valence-corrected chi connectivity index (χ0v) is 14.2. The van der Waals surface area contributed by atoms with Crippen LogP contribution >= 0.6 is 0 Å². The summed E-state index contributed by atoms with van der Waals surface area (Å²) in [6, 6.07) is 9.88. The number of carbonyl (C=O) groups is 2. The summed E-state index contributed by atoms with van der Waals surface area (Å²) in [5.74, 6) is -0.556. The summed E-state index contributed by atoms with van der Waals surface area (Å²) in [4.78, 5) is 22.9. The second-order valence-corrected chi connectivity index (χ2v) is 5.83. The molecular weight excluding hydrogens is 320 g/mol. The molecule has 0 fully saturated rings. The molecule has 1 aromatic carbocycles. The van der Waals surface area contributed by atoms with Crippen molar-refractivity contribution in [2.24, 2.45) is 0 Å². The van der Waals surface area contributed by atoms with Crippen molar-refractivity contribution in [3.63, 3.8) is 0 Å². The molecule has 6 heteroatoms. The van der Waals surface area contributed by atoms with Crippen LogP contribution in [-0.2, 0) is 4.79 Å². The molecule has 0 aliphatic rings. The van der Waals surface area contributed by atoms with E-state index in [0.29, 0.717) is 11.5 Å². The Morgan fingerprint density at radius 1 is 1.28 bits per heavy atom. The van der Waals surface area contributed by atoms with E-state index in [0.717, 1.165) is 11.1 Å². The minimum atomic E-state index is -0.993. The Balaban J connectivity index is 2.31. The van der Waals surface area contributed by atoms with Crippen molar-refractivity contribution in [2.75, 3.05) is 0 Å². The Morgan fingerprint density at radius 3 is 2.56 bits per heavy atom.